The number of carbonyl (C=O) groups is 1. The lowest BCUT2D eigenvalue weighted by Crippen LogP contribution is -2.39. The highest BCUT2D eigenvalue weighted by Gasteiger charge is 2.14. The van der Waals surface area contributed by atoms with E-state index in [1.807, 2.05) is 18.2 Å². The summed E-state index contributed by atoms with van der Waals surface area (Å²) in [5.41, 5.74) is 1.21. The number of rotatable bonds is 6. The lowest BCUT2D eigenvalue weighted by atomic mass is 10.1. The van der Waals surface area contributed by atoms with Crippen LogP contribution in [0.2, 0.25) is 0 Å². The first-order valence-electron chi connectivity index (χ1n) is 6.02. The third-order valence-corrected chi connectivity index (χ3v) is 3.50. The van der Waals surface area contributed by atoms with E-state index in [9.17, 15) is 4.79 Å². The Morgan fingerprint density at radius 3 is 2.47 bits per heavy atom. The number of alkyl halides is 1. The first-order chi connectivity index (χ1) is 8.13. The summed E-state index contributed by atoms with van der Waals surface area (Å²) in [6.07, 6.45) is 1.36. The molecule has 1 amide bonds. The van der Waals surface area contributed by atoms with Gasteiger partial charge >= 0.3 is 0 Å². The molecular formula is C14H20BrNO. The molecule has 0 aliphatic heterocycles. The predicted molar refractivity (Wildman–Crippen MR) is 75.3 cm³/mol. The molecule has 0 aliphatic carbocycles. The Balaban J connectivity index is 2.35. The number of benzene rings is 1. The van der Waals surface area contributed by atoms with Gasteiger partial charge in [-0.15, -0.1) is 0 Å². The third-order valence-electron chi connectivity index (χ3n) is 2.80. The van der Waals surface area contributed by atoms with Gasteiger partial charge in [0, 0.05) is 17.8 Å². The normalized spacial score (nSPS) is 12.5. The van der Waals surface area contributed by atoms with Crippen LogP contribution >= 0.6 is 15.9 Å². The SMILES string of the molecule is CC(C)C(CBr)NC(=O)CCc1ccccc1. The number of hydrogen-bond donors (Lipinski definition) is 1. The second kappa shape index (κ2) is 7.49. The molecule has 1 unspecified atom stereocenters. The van der Waals surface area contributed by atoms with Gasteiger partial charge in [0.2, 0.25) is 5.91 Å². The second-order valence-corrected chi connectivity index (χ2v) is 5.21. The summed E-state index contributed by atoms with van der Waals surface area (Å²) >= 11 is 3.43. The van der Waals surface area contributed by atoms with Gasteiger partial charge in [-0.3, -0.25) is 4.79 Å². The monoisotopic (exact) mass is 297 g/mol. The van der Waals surface area contributed by atoms with E-state index in [-0.39, 0.29) is 11.9 Å². The molecule has 0 radical (unpaired) electrons. The van der Waals surface area contributed by atoms with Gasteiger partial charge in [-0.2, -0.15) is 0 Å². The molecule has 2 nitrogen and oxygen atoms in total. The third kappa shape index (κ3) is 5.35. The first kappa shape index (κ1) is 14.2. The molecule has 1 N–H and O–H groups in total. The molecule has 0 bridgehead atoms. The van der Waals surface area contributed by atoms with Gasteiger partial charge in [-0.25, -0.2) is 0 Å². The van der Waals surface area contributed by atoms with Gasteiger partial charge in [0.25, 0.3) is 0 Å². The van der Waals surface area contributed by atoms with Gasteiger partial charge in [0.1, 0.15) is 0 Å². The van der Waals surface area contributed by atoms with E-state index in [0.29, 0.717) is 12.3 Å². The molecule has 1 aromatic rings. The molecule has 0 heterocycles. The summed E-state index contributed by atoms with van der Waals surface area (Å²) in [6.45, 7) is 4.23. The summed E-state index contributed by atoms with van der Waals surface area (Å²) in [4.78, 5) is 11.8. The van der Waals surface area contributed by atoms with Crippen molar-refractivity contribution >= 4 is 21.8 Å². The van der Waals surface area contributed by atoms with Gasteiger partial charge in [0.05, 0.1) is 0 Å². The van der Waals surface area contributed by atoms with Crippen LogP contribution in [0.5, 0.6) is 0 Å². The fraction of sp³-hybridized carbons (Fsp3) is 0.500. The van der Waals surface area contributed by atoms with Crippen molar-refractivity contribution in [1.29, 1.82) is 0 Å². The van der Waals surface area contributed by atoms with Crippen LogP contribution in [0.15, 0.2) is 30.3 Å². The molecule has 17 heavy (non-hydrogen) atoms. The topological polar surface area (TPSA) is 29.1 Å². The van der Waals surface area contributed by atoms with E-state index in [1.165, 1.54) is 5.56 Å². The second-order valence-electron chi connectivity index (χ2n) is 4.56. The summed E-state index contributed by atoms with van der Waals surface area (Å²) < 4.78 is 0. The van der Waals surface area contributed by atoms with E-state index in [2.05, 4.69) is 47.2 Å². The fourth-order valence-electron chi connectivity index (χ4n) is 1.56. The lowest BCUT2D eigenvalue weighted by molar-refractivity contribution is -0.121. The Hall–Kier alpha value is -0.830. The Morgan fingerprint density at radius 2 is 1.94 bits per heavy atom. The smallest absolute Gasteiger partial charge is 0.220 e. The van der Waals surface area contributed by atoms with Crippen molar-refractivity contribution in [1.82, 2.24) is 5.32 Å². The molecule has 1 atom stereocenters. The highest BCUT2D eigenvalue weighted by Crippen LogP contribution is 2.06. The zero-order valence-corrected chi connectivity index (χ0v) is 12.0. The van der Waals surface area contributed by atoms with E-state index >= 15 is 0 Å². The molecule has 0 aromatic heterocycles. The summed E-state index contributed by atoms with van der Waals surface area (Å²) in [5, 5.41) is 3.86. The zero-order chi connectivity index (χ0) is 12.7. The number of hydrogen-bond acceptors (Lipinski definition) is 1. The maximum absolute atomic E-state index is 11.8. The van der Waals surface area contributed by atoms with E-state index in [0.717, 1.165) is 11.8 Å². The van der Waals surface area contributed by atoms with Crippen molar-refractivity contribution in [2.45, 2.75) is 32.7 Å². The van der Waals surface area contributed by atoms with E-state index < -0.39 is 0 Å². The Bertz CT molecular complexity index is 337. The highest BCUT2D eigenvalue weighted by atomic mass is 79.9. The number of carbonyl (C=O) groups excluding carboxylic acids is 1. The summed E-state index contributed by atoms with van der Waals surface area (Å²) in [7, 11) is 0. The number of aryl methyl sites for hydroxylation is 1. The van der Waals surface area contributed by atoms with Crippen LogP contribution in [-0.4, -0.2) is 17.3 Å². The molecular weight excluding hydrogens is 278 g/mol. The molecule has 0 aliphatic rings. The van der Waals surface area contributed by atoms with Gasteiger partial charge in [-0.1, -0.05) is 60.1 Å². The maximum Gasteiger partial charge on any atom is 0.220 e. The molecule has 1 rings (SSSR count). The minimum absolute atomic E-state index is 0.131. The van der Waals surface area contributed by atoms with Crippen molar-refractivity contribution in [2.24, 2.45) is 5.92 Å². The maximum atomic E-state index is 11.8. The van der Waals surface area contributed by atoms with Crippen LogP contribution in [0.4, 0.5) is 0 Å². The number of halogens is 1. The molecule has 0 saturated carbocycles. The minimum atomic E-state index is 0.131. The Labute approximate surface area is 112 Å². The van der Waals surface area contributed by atoms with Crippen LogP contribution < -0.4 is 5.32 Å². The largest absolute Gasteiger partial charge is 0.352 e. The molecule has 0 fully saturated rings. The highest BCUT2D eigenvalue weighted by molar-refractivity contribution is 9.09. The molecule has 3 heteroatoms. The van der Waals surface area contributed by atoms with Crippen molar-refractivity contribution < 1.29 is 4.79 Å². The molecule has 1 aromatic carbocycles. The van der Waals surface area contributed by atoms with Crippen LogP contribution in [-0.2, 0) is 11.2 Å². The molecule has 94 valence electrons. The quantitative estimate of drug-likeness (QED) is 0.803. The van der Waals surface area contributed by atoms with Crippen LogP contribution in [0.25, 0.3) is 0 Å². The average molecular weight is 298 g/mol. The lowest BCUT2D eigenvalue weighted by Gasteiger charge is -2.19. The number of nitrogens with one attached hydrogen (secondary N) is 1. The van der Waals surface area contributed by atoms with Crippen molar-refractivity contribution in [3.8, 4) is 0 Å². The predicted octanol–water partition coefficient (Wildman–Crippen LogP) is 3.15. The van der Waals surface area contributed by atoms with Crippen molar-refractivity contribution in [3.05, 3.63) is 35.9 Å². The Kier molecular flexibility index (Phi) is 6.27. The van der Waals surface area contributed by atoms with Crippen molar-refractivity contribution in [2.75, 3.05) is 5.33 Å². The van der Waals surface area contributed by atoms with Crippen LogP contribution in [0.1, 0.15) is 25.8 Å². The molecule has 0 saturated heterocycles. The minimum Gasteiger partial charge on any atom is -0.352 e. The van der Waals surface area contributed by atoms with E-state index in [1.54, 1.807) is 0 Å². The number of amides is 1. The zero-order valence-electron chi connectivity index (χ0n) is 10.4. The van der Waals surface area contributed by atoms with Crippen molar-refractivity contribution in [3.63, 3.8) is 0 Å². The standard InChI is InChI=1S/C14H20BrNO/c1-11(2)13(10-15)16-14(17)9-8-12-6-4-3-5-7-12/h3-7,11,13H,8-10H2,1-2H3,(H,16,17). The van der Waals surface area contributed by atoms with Crippen LogP contribution in [0.3, 0.4) is 0 Å². The summed E-state index contributed by atoms with van der Waals surface area (Å²) in [6, 6.07) is 10.3. The van der Waals surface area contributed by atoms with Gasteiger partial charge in [0.15, 0.2) is 0 Å². The average Bonchev–Trinajstić information content (AvgIpc) is 2.34. The molecule has 0 spiro atoms. The van der Waals surface area contributed by atoms with Gasteiger partial charge < -0.3 is 5.32 Å². The first-order valence-corrected chi connectivity index (χ1v) is 7.15. The van der Waals surface area contributed by atoms with Gasteiger partial charge in [-0.05, 0) is 17.9 Å². The Morgan fingerprint density at radius 1 is 1.29 bits per heavy atom. The van der Waals surface area contributed by atoms with E-state index in [4.69, 9.17) is 0 Å². The summed E-state index contributed by atoms with van der Waals surface area (Å²) in [5.74, 6) is 0.585. The van der Waals surface area contributed by atoms with Crippen LogP contribution in [0, 0.1) is 5.92 Å². The fourth-order valence-corrected chi connectivity index (χ4v) is 2.47.